The molecule has 0 aromatic heterocycles. The summed E-state index contributed by atoms with van der Waals surface area (Å²) in [6.07, 6.45) is 3.78. The molecule has 1 aliphatic rings. The minimum absolute atomic E-state index is 0.0980. The second-order valence-corrected chi connectivity index (χ2v) is 4.49. The Kier molecular flexibility index (Phi) is 5.02. The van der Waals surface area contributed by atoms with Crippen molar-refractivity contribution in [1.82, 2.24) is 10.6 Å². The summed E-state index contributed by atoms with van der Waals surface area (Å²) in [4.78, 5) is 11.5. The maximum atomic E-state index is 11.5. The predicted molar refractivity (Wildman–Crippen MR) is 70.3 cm³/mol. The Balaban J connectivity index is 1.56. The zero-order valence-electron chi connectivity index (χ0n) is 10.5. The first-order valence-corrected chi connectivity index (χ1v) is 6.54. The third-order valence-electron chi connectivity index (χ3n) is 2.99. The van der Waals surface area contributed by atoms with Crippen molar-refractivity contribution in [2.24, 2.45) is 0 Å². The van der Waals surface area contributed by atoms with E-state index in [-0.39, 0.29) is 12.3 Å². The molecule has 2 amide bonds. The molecule has 0 aliphatic carbocycles. The Bertz CT molecular complexity index is 361. The van der Waals surface area contributed by atoms with Crippen LogP contribution in [0.25, 0.3) is 0 Å². The fourth-order valence-electron chi connectivity index (χ4n) is 2.03. The Morgan fingerprint density at radius 1 is 1.33 bits per heavy atom. The van der Waals surface area contributed by atoms with Gasteiger partial charge in [0.2, 0.25) is 0 Å². The number of hydrogen-bond acceptors (Lipinski definition) is 2. The van der Waals surface area contributed by atoms with E-state index in [2.05, 4.69) is 22.8 Å². The van der Waals surface area contributed by atoms with Gasteiger partial charge in [0, 0.05) is 13.2 Å². The minimum atomic E-state index is -0.130. The zero-order chi connectivity index (χ0) is 12.6. The maximum absolute atomic E-state index is 11.5. The lowest BCUT2D eigenvalue weighted by atomic mass is 10.1. The van der Waals surface area contributed by atoms with Crippen LogP contribution in [-0.2, 0) is 11.2 Å². The highest BCUT2D eigenvalue weighted by Gasteiger charge is 2.16. The lowest BCUT2D eigenvalue weighted by molar-refractivity contribution is 0.0907. The van der Waals surface area contributed by atoms with Crippen LogP contribution in [-0.4, -0.2) is 25.4 Å². The summed E-state index contributed by atoms with van der Waals surface area (Å²) in [5, 5.41) is 5.66. The van der Waals surface area contributed by atoms with Crippen LogP contribution < -0.4 is 10.6 Å². The van der Waals surface area contributed by atoms with Gasteiger partial charge in [0.1, 0.15) is 6.23 Å². The van der Waals surface area contributed by atoms with E-state index in [0.717, 1.165) is 32.3 Å². The summed E-state index contributed by atoms with van der Waals surface area (Å²) < 4.78 is 5.33. The molecule has 1 aliphatic heterocycles. The van der Waals surface area contributed by atoms with E-state index in [1.165, 1.54) is 5.56 Å². The normalized spacial score (nSPS) is 18.6. The van der Waals surface area contributed by atoms with Crippen molar-refractivity contribution in [1.29, 1.82) is 0 Å². The van der Waals surface area contributed by atoms with Gasteiger partial charge in [0.15, 0.2) is 0 Å². The quantitative estimate of drug-likeness (QED) is 0.784. The number of ether oxygens (including phenoxy) is 1. The van der Waals surface area contributed by atoms with Gasteiger partial charge in [-0.1, -0.05) is 30.3 Å². The summed E-state index contributed by atoms with van der Waals surface area (Å²) in [5.74, 6) is 0. The molecule has 0 radical (unpaired) electrons. The molecule has 98 valence electrons. The van der Waals surface area contributed by atoms with Gasteiger partial charge in [-0.05, 0) is 31.2 Å². The van der Waals surface area contributed by atoms with Crippen molar-refractivity contribution in [3.8, 4) is 0 Å². The molecule has 4 heteroatoms. The minimum Gasteiger partial charge on any atom is -0.358 e. The van der Waals surface area contributed by atoms with E-state index >= 15 is 0 Å². The van der Waals surface area contributed by atoms with E-state index < -0.39 is 0 Å². The van der Waals surface area contributed by atoms with Crippen LogP contribution in [0.5, 0.6) is 0 Å². The van der Waals surface area contributed by atoms with Crippen molar-refractivity contribution < 1.29 is 9.53 Å². The summed E-state index contributed by atoms with van der Waals surface area (Å²) in [5.41, 5.74) is 1.30. The smallest absolute Gasteiger partial charge is 0.316 e. The number of carbonyl (C=O) groups is 1. The van der Waals surface area contributed by atoms with Crippen LogP contribution in [0.3, 0.4) is 0 Å². The molecule has 1 heterocycles. The van der Waals surface area contributed by atoms with Gasteiger partial charge in [0.05, 0.1) is 0 Å². The maximum Gasteiger partial charge on any atom is 0.316 e. The number of carbonyl (C=O) groups excluding carboxylic acids is 1. The molecule has 2 N–H and O–H groups in total. The fraction of sp³-hybridized carbons (Fsp3) is 0.500. The van der Waals surface area contributed by atoms with E-state index in [9.17, 15) is 4.79 Å². The molecule has 18 heavy (non-hydrogen) atoms. The zero-order valence-corrected chi connectivity index (χ0v) is 10.5. The van der Waals surface area contributed by atoms with Gasteiger partial charge in [-0.15, -0.1) is 0 Å². The van der Waals surface area contributed by atoms with Crippen molar-refractivity contribution >= 4 is 6.03 Å². The Labute approximate surface area is 108 Å². The molecule has 2 rings (SSSR count). The van der Waals surface area contributed by atoms with Gasteiger partial charge < -0.3 is 15.4 Å². The van der Waals surface area contributed by atoms with Crippen molar-refractivity contribution in [3.05, 3.63) is 35.9 Å². The predicted octanol–water partition coefficient (Wildman–Crippen LogP) is 2.05. The van der Waals surface area contributed by atoms with E-state index in [1.807, 2.05) is 18.2 Å². The molecule has 4 nitrogen and oxygen atoms in total. The highest BCUT2D eigenvalue weighted by atomic mass is 16.5. The SMILES string of the molecule is O=C(NCCCc1ccccc1)NC1CCCO1. The number of aryl methyl sites for hydroxylation is 1. The van der Waals surface area contributed by atoms with Gasteiger partial charge in [-0.3, -0.25) is 0 Å². The number of amides is 2. The molecule has 0 spiro atoms. The molecule has 0 saturated carbocycles. The van der Waals surface area contributed by atoms with E-state index in [0.29, 0.717) is 6.54 Å². The van der Waals surface area contributed by atoms with Crippen molar-refractivity contribution in [2.45, 2.75) is 31.9 Å². The lowest BCUT2D eigenvalue weighted by Crippen LogP contribution is -2.42. The van der Waals surface area contributed by atoms with Crippen LogP contribution >= 0.6 is 0 Å². The van der Waals surface area contributed by atoms with Crippen LogP contribution in [0.15, 0.2) is 30.3 Å². The van der Waals surface area contributed by atoms with Gasteiger partial charge >= 0.3 is 6.03 Å². The second kappa shape index (κ2) is 7.01. The Hall–Kier alpha value is -1.55. The first kappa shape index (κ1) is 12.9. The van der Waals surface area contributed by atoms with Crippen LogP contribution in [0, 0.1) is 0 Å². The molecular formula is C14H20N2O2. The summed E-state index contributed by atoms with van der Waals surface area (Å²) >= 11 is 0. The molecule has 1 unspecified atom stereocenters. The topological polar surface area (TPSA) is 50.4 Å². The number of benzene rings is 1. The third kappa shape index (κ3) is 4.37. The van der Waals surface area contributed by atoms with Crippen molar-refractivity contribution in [3.63, 3.8) is 0 Å². The molecule has 0 bridgehead atoms. The first-order chi connectivity index (χ1) is 8.84. The highest BCUT2D eigenvalue weighted by molar-refractivity contribution is 5.73. The van der Waals surface area contributed by atoms with Gasteiger partial charge in [-0.25, -0.2) is 4.79 Å². The molecular weight excluding hydrogens is 228 g/mol. The summed E-state index contributed by atoms with van der Waals surface area (Å²) in [6.45, 7) is 1.44. The van der Waals surface area contributed by atoms with Crippen molar-refractivity contribution in [2.75, 3.05) is 13.2 Å². The number of nitrogens with one attached hydrogen (secondary N) is 2. The second-order valence-electron chi connectivity index (χ2n) is 4.49. The Morgan fingerprint density at radius 3 is 2.89 bits per heavy atom. The largest absolute Gasteiger partial charge is 0.358 e. The third-order valence-corrected chi connectivity index (χ3v) is 2.99. The molecule has 1 aromatic rings. The standard InChI is InChI=1S/C14H20N2O2/c17-14(16-13-9-5-11-18-13)15-10-4-8-12-6-2-1-3-7-12/h1-3,6-7,13H,4-5,8-11H2,(H2,15,16,17). The summed E-state index contributed by atoms with van der Waals surface area (Å²) in [6, 6.07) is 10.2. The average Bonchev–Trinajstić information content (AvgIpc) is 2.89. The van der Waals surface area contributed by atoms with E-state index in [1.54, 1.807) is 0 Å². The lowest BCUT2D eigenvalue weighted by Gasteiger charge is -2.12. The number of urea groups is 1. The highest BCUT2D eigenvalue weighted by Crippen LogP contribution is 2.08. The summed E-state index contributed by atoms with van der Waals surface area (Å²) in [7, 11) is 0. The number of rotatable bonds is 5. The van der Waals surface area contributed by atoms with Gasteiger partial charge in [-0.2, -0.15) is 0 Å². The molecule has 1 aromatic carbocycles. The average molecular weight is 248 g/mol. The van der Waals surface area contributed by atoms with E-state index in [4.69, 9.17) is 4.74 Å². The first-order valence-electron chi connectivity index (χ1n) is 6.54. The van der Waals surface area contributed by atoms with Crippen LogP contribution in [0.1, 0.15) is 24.8 Å². The Morgan fingerprint density at radius 2 is 2.17 bits per heavy atom. The monoisotopic (exact) mass is 248 g/mol. The van der Waals surface area contributed by atoms with Gasteiger partial charge in [0.25, 0.3) is 0 Å². The molecule has 1 saturated heterocycles. The fourth-order valence-corrected chi connectivity index (χ4v) is 2.03. The van der Waals surface area contributed by atoms with Crippen LogP contribution in [0.4, 0.5) is 4.79 Å². The molecule has 1 atom stereocenters. The number of hydrogen-bond donors (Lipinski definition) is 2. The van der Waals surface area contributed by atoms with Crippen LogP contribution in [0.2, 0.25) is 0 Å². The molecule has 1 fully saturated rings.